The van der Waals surface area contributed by atoms with Gasteiger partial charge in [0, 0.05) is 36.5 Å². The topological polar surface area (TPSA) is 69.2 Å². The second kappa shape index (κ2) is 10.7. The lowest BCUT2D eigenvalue weighted by atomic mass is 10.1. The number of benzene rings is 1. The summed E-state index contributed by atoms with van der Waals surface area (Å²) in [7, 11) is 0. The highest BCUT2D eigenvalue weighted by atomic mass is 16.5. The highest BCUT2D eigenvalue weighted by Crippen LogP contribution is 2.32. The molecule has 0 N–H and O–H groups in total. The Bertz CT molecular complexity index is 1440. The average Bonchev–Trinajstić information content (AvgIpc) is 3.56. The molecule has 3 aromatic heterocycles. The Morgan fingerprint density at radius 1 is 1.11 bits per heavy atom. The minimum atomic E-state index is 0.512. The number of hydrogen-bond donors (Lipinski definition) is 0. The summed E-state index contributed by atoms with van der Waals surface area (Å²) in [6, 6.07) is 10.4. The molecule has 1 aliphatic rings. The summed E-state index contributed by atoms with van der Waals surface area (Å²) in [4.78, 5) is 12.0. The molecule has 1 aromatic carbocycles. The van der Waals surface area contributed by atoms with Gasteiger partial charge in [0.2, 0.25) is 0 Å². The Labute approximate surface area is 211 Å². The van der Waals surface area contributed by atoms with Gasteiger partial charge >= 0.3 is 0 Å². The molecule has 4 aromatic rings. The van der Waals surface area contributed by atoms with E-state index in [2.05, 4.69) is 66.3 Å². The first-order valence-corrected chi connectivity index (χ1v) is 12.4. The molecule has 36 heavy (non-hydrogen) atoms. The van der Waals surface area contributed by atoms with Crippen molar-refractivity contribution in [3.8, 4) is 17.1 Å². The van der Waals surface area contributed by atoms with E-state index < -0.39 is 0 Å². The third kappa shape index (κ3) is 5.02. The van der Waals surface area contributed by atoms with Gasteiger partial charge in [0.1, 0.15) is 11.3 Å². The molecular formula is C29H31N5O2. The molecule has 1 saturated heterocycles. The number of aryl methyl sites for hydroxylation is 1. The Balaban J connectivity index is 1.61. The molecule has 1 fully saturated rings. The monoisotopic (exact) mass is 481 g/mol. The van der Waals surface area contributed by atoms with Crippen molar-refractivity contribution in [2.45, 2.75) is 27.2 Å². The third-order valence-electron chi connectivity index (χ3n) is 6.07. The van der Waals surface area contributed by atoms with Crippen molar-refractivity contribution in [2.75, 3.05) is 31.2 Å². The first-order chi connectivity index (χ1) is 17.7. The van der Waals surface area contributed by atoms with Crippen LogP contribution in [0, 0.1) is 6.92 Å². The number of ether oxygens (including phenoxy) is 1. The molecule has 4 heterocycles. The van der Waals surface area contributed by atoms with Crippen molar-refractivity contribution < 1.29 is 9.15 Å². The number of morpholine rings is 1. The van der Waals surface area contributed by atoms with E-state index in [4.69, 9.17) is 19.1 Å². The van der Waals surface area contributed by atoms with E-state index in [-0.39, 0.29) is 0 Å². The average molecular weight is 482 g/mol. The normalized spacial score (nSPS) is 15.1. The van der Waals surface area contributed by atoms with Crippen LogP contribution < -0.4 is 4.90 Å². The van der Waals surface area contributed by atoms with Crippen molar-refractivity contribution >= 4 is 22.5 Å². The van der Waals surface area contributed by atoms with Crippen molar-refractivity contribution in [1.82, 2.24) is 19.7 Å². The summed E-state index contributed by atoms with van der Waals surface area (Å²) >= 11 is 0. The standard InChI is InChI=1S/C29H31N5O2/c1-4-6-7-11-22(9-5-2)26-18-25-27(36-26)28(33-13-15-35-16-14-33)32-29(31-25)34-20-24(19-30-34)23-12-8-10-21(3)17-23/h5-12,17-20H,4,13-16H2,1-3H3/b7-6+,9-5-,22-11+. The van der Waals surface area contributed by atoms with Gasteiger partial charge in [-0.1, -0.05) is 67.1 Å². The molecule has 7 heteroatoms. The molecule has 0 saturated carbocycles. The lowest BCUT2D eigenvalue weighted by molar-refractivity contribution is 0.122. The van der Waals surface area contributed by atoms with Gasteiger partial charge < -0.3 is 14.1 Å². The molecule has 0 amide bonds. The van der Waals surface area contributed by atoms with Crippen molar-refractivity contribution in [2.24, 2.45) is 0 Å². The number of nitrogens with zero attached hydrogens (tertiary/aromatic N) is 5. The fourth-order valence-corrected chi connectivity index (χ4v) is 4.25. The quantitative estimate of drug-likeness (QED) is 0.295. The zero-order valence-electron chi connectivity index (χ0n) is 21.0. The SMILES string of the molecule is C\C=C/C(=C\C=C\CC)c1cc2nc(-n3cc(-c4cccc(C)c4)cn3)nc(N3CCOCC3)c2o1. The Kier molecular flexibility index (Phi) is 7.09. The number of furan rings is 1. The Morgan fingerprint density at radius 3 is 2.75 bits per heavy atom. The summed E-state index contributed by atoms with van der Waals surface area (Å²) in [5.74, 6) is 2.03. The maximum absolute atomic E-state index is 6.39. The largest absolute Gasteiger partial charge is 0.450 e. The fraction of sp³-hybridized carbons (Fsp3) is 0.276. The first kappa shape index (κ1) is 23.8. The van der Waals surface area contributed by atoms with Crippen LogP contribution in [0.25, 0.3) is 33.7 Å². The van der Waals surface area contributed by atoms with Crippen LogP contribution in [-0.2, 0) is 4.74 Å². The molecular weight excluding hydrogens is 450 g/mol. The molecule has 0 bridgehead atoms. The zero-order valence-corrected chi connectivity index (χ0v) is 21.0. The van der Waals surface area contributed by atoms with Crippen LogP contribution in [0.15, 0.2) is 77.5 Å². The van der Waals surface area contributed by atoms with Crippen LogP contribution in [0.4, 0.5) is 5.82 Å². The van der Waals surface area contributed by atoms with E-state index in [1.807, 2.05) is 37.5 Å². The number of anilines is 1. The number of aromatic nitrogens is 4. The zero-order chi connectivity index (χ0) is 24.9. The van der Waals surface area contributed by atoms with Crippen LogP contribution >= 0.6 is 0 Å². The van der Waals surface area contributed by atoms with Gasteiger partial charge in [-0.15, -0.1) is 0 Å². The maximum atomic E-state index is 6.39. The lowest BCUT2D eigenvalue weighted by Crippen LogP contribution is -2.37. The molecule has 7 nitrogen and oxygen atoms in total. The van der Waals surface area contributed by atoms with Gasteiger partial charge in [0.05, 0.1) is 19.4 Å². The van der Waals surface area contributed by atoms with E-state index in [9.17, 15) is 0 Å². The third-order valence-corrected chi connectivity index (χ3v) is 6.07. The van der Waals surface area contributed by atoms with E-state index in [1.165, 1.54) is 5.56 Å². The van der Waals surface area contributed by atoms with Crippen LogP contribution in [0.3, 0.4) is 0 Å². The number of allylic oxidation sites excluding steroid dienone is 6. The van der Waals surface area contributed by atoms with Crippen LogP contribution in [0.1, 0.15) is 31.6 Å². The molecule has 184 valence electrons. The van der Waals surface area contributed by atoms with E-state index in [1.54, 1.807) is 4.68 Å². The van der Waals surface area contributed by atoms with E-state index in [0.717, 1.165) is 53.3 Å². The van der Waals surface area contributed by atoms with Crippen molar-refractivity contribution in [3.05, 3.63) is 84.4 Å². The highest BCUT2D eigenvalue weighted by molar-refractivity contribution is 5.89. The minimum absolute atomic E-state index is 0.512. The predicted molar refractivity (Wildman–Crippen MR) is 144 cm³/mol. The Hall–Kier alpha value is -3.97. The van der Waals surface area contributed by atoms with Crippen molar-refractivity contribution in [1.29, 1.82) is 0 Å². The van der Waals surface area contributed by atoms with Gasteiger partial charge in [-0.2, -0.15) is 10.1 Å². The summed E-state index contributed by atoms with van der Waals surface area (Å²) < 4.78 is 13.7. The molecule has 1 aliphatic heterocycles. The maximum Gasteiger partial charge on any atom is 0.253 e. The van der Waals surface area contributed by atoms with Crippen LogP contribution in [0.5, 0.6) is 0 Å². The lowest BCUT2D eigenvalue weighted by Gasteiger charge is -2.27. The molecule has 0 unspecified atom stereocenters. The molecule has 0 atom stereocenters. The molecule has 5 rings (SSSR count). The molecule has 0 aliphatic carbocycles. The fourth-order valence-electron chi connectivity index (χ4n) is 4.25. The number of fused-ring (bicyclic) bond motifs is 1. The van der Waals surface area contributed by atoms with Gasteiger partial charge in [-0.3, -0.25) is 0 Å². The van der Waals surface area contributed by atoms with E-state index in [0.29, 0.717) is 24.7 Å². The van der Waals surface area contributed by atoms with Crippen molar-refractivity contribution in [3.63, 3.8) is 0 Å². The summed E-state index contributed by atoms with van der Waals surface area (Å²) in [5.41, 5.74) is 5.75. The van der Waals surface area contributed by atoms with Gasteiger partial charge in [-0.05, 0) is 25.8 Å². The molecule has 0 radical (unpaired) electrons. The van der Waals surface area contributed by atoms with Gasteiger partial charge in [0.25, 0.3) is 5.95 Å². The molecule has 0 spiro atoms. The first-order valence-electron chi connectivity index (χ1n) is 12.4. The highest BCUT2D eigenvalue weighted by Gasteiger charge is 2.22. The van der Waals surface area contributed by atoms with Crippen LogP contribution in [0.2, 0.25) is 0 Å². The van der Waals surface area contributed by atoms with Gasteiger partial charge in [-0.25, -0.2) is 9.67 Å². The Morgan fingerprint density at radius 2 is 1.97 bits per heavy atom. The van der Waals surface area contributed by atoms with E-state index >= 15 is 0 Å². The summed E-state index contributed by atoms with van der Waals surface area (Å²) in [5, 5.41) is 4.59. The predicted octanol–water partition coefficient (Wildman–Crippen LogP) is 6.15. The second-order valence-electron chi connectivity index (χ2n) is 8.77. The number of hydrogen-bond acceptors (Lipinski definition) is 6. The summed E-state index contributed by atoms with van der Waals surface area (Å²) in [6.45, 7) is 8.99. The smallest absolute Gasteiger partial charge is 0.253 e. The van der Waals surface area contributed by atoms with Gasteiger partial charge in [0.15, 0.2) is 11.4 Å². The minimum Gasteiger partial charge on any atom is -0.450 e. The van der Waals surface area contributed by atoms with Crippen LogP contribution in [-0.4, -0.2) is 46.1 Å². The summed E-state index contributed by atoms with van der Waals surface area (Å²) in [6.07, 6.45) is 15.1. The number of rotatable bonds is 7. The second-order valence-corrected chi connectivity index (χ2v) is 8.77.